The minimum Gasteiger partial charge on any atom is -0.477 e. The predicted octanol–water partition coefficient (Wildman–Crippen LogP) is 8.29. The van der Waals surface area contributed by atoms with E-state index in [1.165, 1.54) is 54.0 Å². The highest BCUT2D eigenvalue weighted by atomic mass is 32.1. The highest BCUT2D eigenvalue weighted by molar-refractivity contribution is 7.27. The maximum Gasteiger partial charge on any atom is 0.346 e. The number of thiophene rings is 3. The van der Waals surface area contributed by atoms with E-state index in [9.17, 15) is 4.79 Å². The molecule has 168 valence electrons. The quantitative estimate of drug-likeness (QED) is 0.188. The first-order valence-electron chi connectivity index (χ1n) is 10.8. The van der Waals surface area contributed by atoms with Crippen molar-refractivity contribution < 1.29 is 9.90 Å². The van der Waals surface area contributed by atoms with Crippen LogP contribution >= 0.6 is 34.0 Å². The predicted molar refractivity (Wildman–Crippen MR) is 147 cm³/mol. The zero-order chi connectivity index (χ0) is 23.9. The number of aromatic nitrogens is 1. The Labute approximate surface area is 212 Å². The second kappa shape index (κ2) is 8.67. The summed E-state index contributed by atoms with van der Waals surface area (Å²) >= 11 is 4.96. The SMILES string of the molecule is N#C/C(=C\c1ccc(-c2ccc(-c3ccc(-n4c5ccccc5c5ccccc54)s3)s2)s1)C(=O)O. The number of rotatable bonds is 5. The molecule has 0 aliphatic carbocycles. The van der Waals surface area contributed by atoms with Gasteiger partial charge in [-0.15, -0.1) is 34.0 Å². The number of fused-ring (bicyclic) bond motifs is 3. The third-order valence-corrected chi connectivity index (χ3v) is 9.33. The van der Waals surface area contributed by atoms with Crippen molar-refractivity contribution in [3.8, 4) is 30.6 Å². The summed E-state index contributed by atoms with van der Waals surface area (Å²) in [6.07, 6.45) is 1.42. The highest BCUT2D eigenvalue weighted by Crippen LogP contribution is 2.42. The number of nitriles is 1. The molecule has 0 bridgehead atoms. The lowest BCUT2D eigenvalue weighted by atomic mass is 10.2. The van der Waals surface area contributed by atoms with Crippen LogP contribution in [0.2, 0.25) is 0 Å². The van der Waals surface area contributed by atoms with Crippen LogP contribution < -0.4 is 0 Å². The van der Waals surface area contributed by atoms with Gasteiger partial charge in [0, 0.05) is 35.2 Å². The number of hydrogen-bond donors (Lipinski definition) is 1. The molecule has 0 aliphatic rings. The molecule has 2 aromatic carbocycles. The molecule has 35 heavy (non-hydrogen) atoms. The topological polar surface area (TPSA) is 66.0 Å². The lowest BCUT2D eigenvalue weighted by Gasteiger charge is -2.03. The normalized spacial score (nSPS) is 11.8. The van der Waals surface area contributed by atoms with Crippen LogP contribution in [0.4, 0.5) is 0 Å². The van der Waals surface area contributed by atoms with Crippen molar-refractivity contribution in [3.63, 3.8) is 0 Å². The summed E-state index contributed by atoms with van der Waals surface area (Å²) in [7, 11) is 0. The van der Waals surface area contributed by atoms with Crippen molar-refractivity contribution in [1.82, 2.24) is 4.57 Å². The van der Waals surface area contributed by atoms with Gasteiger partial charge in [-0.1, -0.05) is 36.4 Å². The molecule has 0 spiro atoms. The van der Waals surface area contributed by atoms with Crippen molar-refractivity contribution in [3.05, 3.63) is 95.4 Å². The van der Waals surface area contributed by atoms with Gasteiger partial charge in [0.15, 0.2) is 0 Å². The minimum atomic E-state index is -1.21. The molecule has 0 radical (unpaired) electrons. The first-order chi connectivity index (χ1) is 17.1. The van der Waals surface area contributed by atoms with Crippen molar-refractivity contribution in [2.45, 2.75) is 0 Å². The third-order valence-electron chi connectivity index (χ3n) is 5.75. The van der Waals surface area contributed by atoms with E-state index in [0.29, 0.717) is 0 Å². The largest absolute Gasteiger partial charge is 0.477 e. The fourth-order valence-corrected chi connectivity index (χ4v) is 7.36. The third kappa shape index (κ3) is 3.78. The number of carboxylic acids is 1. The smallest absolute Gasteiger partial charge is 0.346 e. The van der Waals surface area contributed by atoms with Gasteiger partial charge in [-0.05, 0) is 54.6 Å². The van der Waals surface area contributed by atoms with E-state index in [-0.39, 0.29) is 5.57 Å². The van der Waals surface area contributed by atoms with Gasteiger partial charge in [0.25, 0.3) is 0 Å². The molecule has 0 atom stereocenters. The molecule has 0 fully saturated rings. The van der Waals surface area contributed by atoms with Crippen molar-refractivity contribution in [1.29, 1.82) is 5.26 Å². The summed E-state index contributed by atoms with van der Waals surface area (Å²) in [4.78, 5) is 16.4. The van der Waals surface area contributed by atoms with Crippen molar-refractivity contribution in [2.24, 2.45) is 0 Å². The van der Waals surface area contributed by atoms with Gasteiger partial charge in [0.05, 0.1) is 11.0 Å². The maximum absolute atomic E-state index is 11.1. The lowest BCUT2D eigenvalue weighted by molar-refractivity contribution is -0.132. The average Bonchev–Trinajstić information content (AvgIpc) is 3.67. The van der Waals surface area contributed by atoms with E-state index < -0.39 is 5.97 Å². The summed E-state index contributed by atoms with van der Waals surface area (Å²) in [5.74, 6) is -1.21. The Bertz CT molecular complexity index is 1750. The zero-order valence-electron chi connectivity index (χ0n) is 18.1. The van der Waals surface area contributed by atoms with Gasteiger partial charge >= 0.3 is 5.97 Å². The van der Waals surface area contributed by atoms with Gasteiger partial charge in [-0.2, -0.15) is 5.26 Å². The Hall–Kier alpha value is -3.96. The van der Waals surface area contributed by atoms with Crippen LogP contribution in [0.3, 0.4) is 0 Å². The van der Waals surface area contributed by atoms with Crippen LogP contribution in [-0.4, -0.2) is 15.6 Å². The molecule has 6 aromatic rings. The van der Waals surface area contributed by atoms with Gasteiger partial charge in [0.1, 0.15) is 16.6 Å². The number of carbonyl (C=O) groups is 1. The number of nitrogens with zero attached hydrogens (tertiary/aromatic N) is 2. The molecular formula is C28H16N2O2S3. The molecule has 0 unspecified atom stereocenters. The number of aliphatic carboxylic acids is 1. The van der Waals surface area contributed by atoms with Crippen molar-refractivity contribution >= 4 is 67.9 Å². The van der Waals surface area contributed by atoms with Crippen LogP contribution in [0, 0.1) is 11.3 Å². The van der Waals surface area contributed by atoms with E-state index in [2.05, 4.69) is 77.4 Å². The van der Waals surface area contributed by atoms with E-state index >= 15 is 0 Å². The standard InChI is InChI=1S/C28H16N2O2S3/c29-16-17(28(31)32)15-18-9-10-23(33-18)24-11-12-25(34-24)26-13-14-27(35-26)30-21-7-3-1-5-19(21)20-6-2-4-8-22(20)30/h1-15H,(H,31,32)/b17-15+. The summed E-state index contributed by atoms with van der Waals surface area (Å²) in [5.41, 5.74) is 2.14. The monoisotopic (exact) mass is 508 g/mol. The fourth-order valence-electron chi connectivity index (χ4n) is 4.19. The second-order valence-corrected chi connectivity index (χ2v) is 11.1. The zero-order valence-corrected chi connectivity index (χ0v) is 20.6. The van der Waals surface area contributed by atoms with Crippen LogP contribution in [0.25, 0.3) is 52.4 Å². The molecule has 0 saturated carbocycles. The second-order valence-electron chi connectivity index (χ2n) is 7.85. The van der Waals surface area contributed by atoms with Crippen LogP contribution in [0.15, 0.2) is 90.5 Å². The minimum absolute atomic E-state index is 0.263. The Morgan fingerprint density at radius 1 is 0.743 bits per heavy atom. The molecule has 0 aliphatic heterocycles. The molecular weight excluding hydrogens is 493 g/mol. The Kier molecular flexibility index (Phi) is 5.34. The molecule has 4 heterocycles. The molecule has 0 amide bonds. The lowest BCUT2D eigenvalue weighted by Crippen LogP contribution is -1.96. The number of benzene rings is 2. The average molecular weight is 509 g/mol. The number of para-hydroxylation sites is 2. The Morgan fingerprint density at radius 2 is 1.29 bits per heavy atom. The summed E-state index contributed by atoms with van der Waals surface area (Å²) in [5, 5.41) is 21.8. The molecule has 1 N–H and O–H groups in total. The maximum atomic E-state index is 11.1. The molecule has 0 saturated heterocycles. The van der Waals surface area contributed by atoms with Gasteiger partial charge < -0.3 is 9.67 Å². The van der Waals surface area contributed by atoms with E-state index in [0.717, 1.165) is 14.6 Å². The summed E-state index contributed by atoms with van der Waals surface area (Å²) in [6, 6.07) is 31.2. The van der Waals surface area contributed by atoms with Gasteiger partial charge in [-0.25, -0.2) is 4.79 Å². The first-order valence-corrected chi connectivity index (χ1v) is 13.2. The number of hydrogen-bond acceptors (Lipinski definition) is 5. The highest BCUT2D eigenvalue weighted by Gasteiger charge is 2.15. The summed E-state index contributed by atoms with van der Waals surface area (Å²) < 4.78 is 2.33. The summed E-state index contributed by atoms with van der Waals surface area (Å²) in [6.45, 7) is 0. The van der Waals surface area contributed by atoms with E-state index in [1.807, 2.05) is 12.1 Å². The Morgan fingerprint density at radius 3 is 1.91 bits per heavy atom. The van der Waals surface area contributed by atoms with Gasteiger partial charge in [-0.3, -0.25) is 0 Å². The van der Waals surface area contributed by atoms with Crippen LogP contribution in [0.5, 0.6) is 0 Å². The van der Waals surface area contributed by atoms with Crippen LogP contribution in [-0.2, 0) is 4.79 Å². The molecule has 7 heteroatoms. The first kappa shape index (κ1) is 21.6. The Balaban J connectivity index is 1.35. The van der Waals surface area contributed by atoms with Crippen molar-refractivity contribution in [2.75, 3.05) is 0 Å². The molecule has 4 nitrogen and oxygen atoms in total. The number of carboxylic acid groups (broad SMARTS) is 1. The fraction of sp³-hybridized carbons (Fsp3) is 0. The van der Waals surface area contributed by atoms with Crippen LogP contribution in [0.1, 0.15) is 4.88 Å². The van der Waals surface area contributed by atoms with E-state index in [1.54, 1.807) is 28.7 Å². The molecule has 4 aromatic heterocycles. The van der Waals surface area contributed by atoms with E-state index in [4.69, 9.17) is 10.4 Å². The van der Waals surface area contributed by atoms with Gasteiger partial charge in [0.2, 0.25) is 0 Å². The molecule has 6 rings (SSSR count).